The number of nitrogens with zero attached hydrogens (tertiary/aromatic N) is 1. The van der Waals surface area contributed by atoms with Crippen molar-refractivity contribution in [2.45, 2.75) is 45.2 Å². The minimum atomic E-state index is 0.428. The van der Waals surface area contributed by atoms with Gasteiger partial charge in [-0.1, -0.05) is 6.07 Å². The molecule has 1 atom stereocenters. The van der Waals surface area contributed by atoms with E-state index in [-0.39, 0.29) is 0 Å². The molecular weight excluding hydrogens is 224 g/mol. The van der Waals surface area contributed by atoms with Gasteiger partial charge in [-0.15, -0.1) is 0 Å². The third kappa shape index (κ3) is 2.19. The highest BCUT2D eigenvalue weighted by molar-refractivity contribution is 5.59. The van der Waals surface area contributed by atoms with Gasteiger partial charge in [0.15, 0.2) is 0 Å². The summed E-state index contributed by atoms with van der Waals surface area (Å²) in [6, 6.07) is 5.47. The second kappa shape index (κ2) is 4.47. The maximum Gasteiger partial charge on any atom is 0.123 e. The van der Waals surface area contributed by atoms with Crippen LogP contribution in [0.15, 0.2) is 12.1 Å². The summed E-state index contributed by atoms with van der Waals surface area (Å²) in [7, 11) is 0. The fourth-order valence-electron chi connectivity index (χ4n) is 2.89. The molecular formula is C15H22N2O. The number of benzene rings is 1. The van der Waals surface area contributed by atoms with Gasteiger partial charge in [-0.3, -0.25) is 4.90 Å². The first-order chi connectivity index (χ1) is 8.65. The molecule has 0 amide bonds. The van der Waals surface area contributed by atoms with Crippen molar-refractivity contribution in [2.24, 2.45) is 0 Å². The molecule has 2 fully saturated rings. The van der Waals surface area contributed by atoms with Crippen molar-refractivity contribution < 1.29 is 5.11 Å². The smallest absolute Gasteiger partial charge is 0.123 e. The lowest BCUT2D eigenvalue weighted by molar-refractivity contribution is 0.326. The number of nitrogens with one attached hydrogen (secondary N) is 1. The van der Waals surface area contributed by atoms with Gasteiger partial charge in [0, 0.05) is 36.4 Å². The van der Waals surface area contributed by atoms with Crippen molar-refractivity contribution >= 4 is 5.69 Å². The van der Waals surface area contributed by atoms with Crippen molar-refractivity contribution in [1.82, 2.24) is 4.90 Å². The zero-order valence-electron chi connectivity index (χ0n) is 11.2. The normalized spacial score (nSPS) is 24.4. The summed E-state index contributed by atoms with van der Waals surface area (Å²) in [6.45, 7) is 6.30. The van der Waals surface area contributed by atoms with Crippen LogP contribution in [0.4, 0.5) is 5.69 Å². The lowest BCUT2D eigenvalue weighted by atomic mass is 10.1. The van der Waals surface area contributed by atoms with E-state index in [2.05, 4.69) is 16.3 Å². The van der Waals surface area contributed by atoms with E-state index in [1.807, 2.05) is 19.9 Å². The Morgan fingerprint density at radius 2 is 2.00 bits per heavy atom. The lowest BCUT2D eigenvalue weighted by Crippen LogP contribution is -2.27. The molecule has 1 unspecified atom stereocenters. The molecule has 1 saturated carbocycles. The number of phenols is 1. The molecule has 98 valence electrons. The van der Waals surface area contributed by atoms with Crippen LogP contribution in [0.3, 0.4) is 0 Å². The zero-order valence-corrected chi connectivity index (χ0v) is 11.2. The Kier molecular flexibility index (Phi) is 2.94. The molecule has 1 heterocycles. The van der Waals surface area contributed by atoms with Crippen LogP contribution < -0.4 is 5.32 Å². The highest BCUT2D eigenvalue weighted by Crippen LogP contribution is 2.32. The highest BCUT2D eigenvalue weighted by atomic mass is 16.3. The first kappa shape index (κ1) is 11.8. The number of likely N-dealkylation sites (tertiary alicyclic amines) is 1. The Bertz CT molecular complexity index is 454. The van der Waals surface area contributed by atoms with Crippen LogP contribution in [0.25, 0.3) is 0 Å². The summed E-state index contributed by atoms with van der Waals surface area (Å²) in [6.07, 6.45) is 3.98. The molecule has 3 heteroatoms. The molecule has 1 aromatic rings. The lowest BCUT2D eigenvalue weighted by Gasteiger charge is -2.19. The van der Waals surface area contributed by atoms with E-state index in [9.17, 15) is 5.11 Å². The van der Waals surface area contributed by atoms with Crippen LogP contribution in [-0.4, -0.2) is 35.2 Å². The van der Waals surface area contributed by atoms with Crippen molar-refractivity contribution in [3.63, 3.8) is 0 Å². The van der Waals surface area contributed by atoms with Gasteiger partial charge < -0.3 is 10.4 Å². The summed E-state index contributed by atoms with van der Waals surface area (Å²) >= 11 is 0. The summed E-state index contributed by atoms with van der Waals surface area (Å²) in [5.41, 5.74) is 3.00. The minimum Gasteiger partial charge on any atom is -0.507 e. The van der Waals surface area contributed by atoms with E-state index in [1.165, 1.54) is 25.8 Å². The molecule has 2 N–H and O–H groups in total. The van der Waals surface area contributed by atoms with E-state index >= 15 is 0 Å². The van der Waals surface area contributed by atoms with E-state index in [4.69, 9.17) is 0 Å². The molecule has 2 aliphatic rings. The molecule has 0 aromatic heterocycles. The second-order valence-corrected chi connectivity index (χ2v) is 5.76. The number of rotatable bonds is 3. The van der Waals surface area contributed by atoms with Crippen LogP contribution >= 0.6 is 0 Å². The average Bonchev–Trinajstić information content (AvgIpc) is 3.11. The first-order valence-corrected chi connectivity index (χ1v) is 6.95. The Balaban J connectivity index is 1.68. The molecule has 1 aliphatic heterocycles. The van der Waals surface area contributed by atoms with Gasteiger partial charge in [-0.25, -0.2) is 0 Å². The van der Waals surface area contributed by atoms with Crippen LogP contribution in [0.1, 0.15) is 30.4 Å². The predicted octanol–water partition coefficient (Wildman–Crippen LogP) is 2.66. The monoisotopic (exact) mass is 246 g/mol. The van der Waals surface area contributed by atoms with Crippen LogP contribution in [0, 0.1) is 13.8 Å². The van der Waals surface area contributed by atoms with Gasteiger partial charge in [0.25, 0.3) is 0 Å². The van der Waals surface area contributed by atoms with Gasteiger partial charge >= 0.3 is 0 Å². The quantitative estimate of drug-likeness (QED) is 0.860. The molecule has 3 rings (SSSR count). The largest absolute Gasteiger partial charge is 0.507 e. The summed E-state index contributed by atoms with van der Waals surface area (Å²) in [5, 5.41) is 13.5. The molecule has 1 saturated heterocycles. The molecule has 0 radical (unpaired) electrons. The van der Waals surface area contributed by atoms with Crippen molar-refractivity contribution in [1.29, 1.82) is 0 Å². The number of anilines is 1. The van der Waals surface area contributed by atoms with Crippen molar-refractivity contribution in [3.8, 4) is 5.75 Å². The summed E-state index contributed by atoms with van der Waals surface area (Å²) < 4.78 is 0. The maximum atomic E-state index is 9.96. The minimum absolute atomic E-state index is 0.428. The Hall–Kier alpha value is -1.22. The Labute approximate surface area is 109 Å². The van der Waals surface area contributed by atoms with E-state index < -0.39 is 0 Å². The van der Waals surface area contributed by atoms with Gasteiger partial charge in [0.1, 0.15) is 5.75 Å². The number of aryl methyl sites for hydroxylation is 1. The highest BCUT2D eigenvalue weighted by Gasteiger charge is 2.34. The number of phenolic OH excluding ortho intramolecular Hbond substituents is 1. The van der Waals surface area contributed by atoms with Crippen molar-refractivity contribution in [2.75, 3.05) is 18.4 Å². The van der Waals surface area contributed by atoms with Crippen LogP contribution in [-0.2, 0) is 0 Å². The topological polar surface area (TPSA) is 35.5 Å². The van der Waals surface area contributed by atoms with E-state index in [0.717, 1.165) is 29.4 Å². The standard InChI is InChI=1S/C15H22N2O/c1-10-3-6-14(11(2)15(10)18)16-12-7-8-17(9-12)13-4-5-13/h3,6,12-13,16,18H,4-5,7-9H2,1-2H3. The molecule has 0 bridgehead atoms. The molecule has 0 spiro atoms. The van der Waals surface area contributed by atoms with Crippen LogP contribution in [0.5, 0.6) is 5.75 Å². The van der Waals surface area contributed by atoms with Crippen LogP contribution in [0.2, 0.25) is 0 Å². The summed E-state index contributed by atoms with van der Waals surface area (Å²) in [4.78, 5) is 2.60. The molecule has 1 aromatic carbocycles. The number of hydrogen-bond acceptors (Lipinski definition) is 3. The summed E-state index contributed by atoms with van der Waals surface area (Å²) in [5.74, 6) is 0.428. The predicted molar refractivity (Wildman–Crippen MR) is 74.2 cm³/mol. The van der Waals surface area contributed by atoms with E-state index in [1.54, 1.807) is 0 Å². The fraction of sp³-hybridized carbons (Fsp3) is 0.600. The van der Waals surface area contributed by atoms with Gasteiger partial charge in [0.05, 0.1) is 0 Å². The maximum absolute atomic E-state index is 9.96. The third-order valence-corrected chi connectivity index (χ3v) is 4.28. The molecule has 3 nitrogen and oxygen atoms in total. The van der Waals surface area contributed by atoms with Gasteiger partial charge in [-0.05, 0) is 44.7 Å². The molecule has 18 heavy (non-hydrogen) atoms. The van der Waals surface area contributed by atoms with Gasteiger partial charge in [-0.2, -0.15) is 0 Å². The van der Waals surface area contributed by atoms with Crippen molar-refractivity contribution in [3.05, 3.63) is 23.3 Å². The first-order valence-electron chi connectivity index (χ1n) is 6.95. The third-order valence-electron chi connectivity index (χ3n) is 4.28. The van der Waals surface area contributed by atoms with Gasteiger partial charge in [0.2, 0.25) is 0 Å². The Morgan fingerprint density at radius 1 is 1.22 bits per heavy atom. The SMILES string of the molecule is Cc1ccc(NC2CCN(C3CC3)C2)c(C)c1O. The second-order valence-electron chi connectivity index (χ2n) is 5.76. The number of aromatic hydroxyl groups is 1. The fourth-order valence-corrected chi connectivity index (χ4v) is 2.89. The van der Waals surface area contributed by atoms with E-state index in [0.29, 0.717) is 11.8 Å². The average molecular weight is 246 g/mol. The Morgan fingerprint density at radius 3 is 2.72 bits per heavy atom. The molecule has 1 aliphatic carbocycles. The number of hydrogen-bond donors (Lipinski definition) is 2. The zero-order chi connectivity index (χ0) is 12.7.